The van der Waals surface area contributed by atoms with E-state index in [1.807, 2.05) is 31.2 Å². The van der Waals surface area contributed by atoms with Gasteiger partial charge in [0.15, 0.2) is 5.17 Å². The van der Waals surface area contributed by atoms with Gasteiger partial charge in [-0.15, -0.1) is 0 Å². The van der Waals surface area contributed by atoms with Crippen LogP contribution in [0.5, 0.6) is 0 Å². The number of hydrogen-bond donors (Lipinski definition) is 1. The van der Waals surface area contributed by atoms with E-state index in [4.69, 9.17) is 4.99 Å². The molecule has 0 bridgehead atoms. The molecule has 1 aromatic rings. The first-order valence-electron chi connectivity index (χ1n) is 10.7. The fourth-order valence-electron chi connectivity index (χ4n) is 3.81. The standard InChI is InChI=1S/C23H29N3O2S/c1-16-6-5-9-19(14-16)25-23-26(13-12-17-7-3-2-4-8-17)22(28)20(29-23)15-21(27)24-18-10-11-18/h5-7,9,14,18,20H,2-4,8,10-13,15H2,1H3,(H,24,27). The van der Waals surface area contributed by atoms with E-state index in [1.54, 1.807) is 4.90 Å². The average Bonchev–Trinajstić information content (AvgIpc) is 3.47. The first-order chi connectivity index (χ1) is 14.1. The maximum absolute atomic E-state index is 13.1. The van der Waals surface area contributed by atoms with Crippen molar-refractivity contribution in [1.29, 1.82) is 0 Å². The summed E-state index contributed by atoms with van der Waals surface area (Å²) < 4.78 is 0. The molecule has 0 radical (unpaired) electrons. The molecule has 0 spiro atoms. The van der Waals surface area contributed by atoms with Crippen molar-refractivity contribution in [2.45, 2.75) is 69.6 Å². The average molecular weight is 412 g/mol. The Hall–Kier alpha value is -2.08. The molecular formula is C23H29N3O2S. The van der Waals surface area contributed by atoms with Crippen molar-refractivity contribution in [1.82, 2.24) is 10.2 Å². The normalized spacial score (nSPS) is 23.4. The van der Waals surface area contributed by atoms with Crippen LogP contribution >= 0.6 is 11.8 Å². The number of rotatable bonds is 7. The molecule has 0 aromatic heterocycles. The van der Waals surface area contributed by atoms with E-state index in [9.17, 15) is 9.59 Å². The molecule has 2 aliphatic carbocycles. The van der Waals surface area contributed by atoms with Crippen LogP contribution in [0.1, 0.15) is 56.9 Å². The third-order valence-corrected chi connectivity index (χ3v) is 6.78. The largest absolute Gasteiger partial charge is 0.353 e. The summed E-state index contributed by atoms with van der Waals surface area (Å²) in [4.78, 5) is 32.0. The third-order valence-electron chi connectivity index (χ3n) is 5.60. The number of carbonyl (C=O) groups is 2. The summed E-state index contributed by atoms with van der Waals surface area (Å²) in [7, 11) is 0. The molecule has 1 saturated heterocycles. The third kappa shape index (κ3) is 5.50. The Morgan fingerprint density at radius 2 is 2.17 bits per heavy atom. The number of allylic oxidation sites excluding steroid dienone is 1. The topological polar surface area (TPSA) is 61.8 Å². The Labute approximate surface area is 177 Å². The van der Waals surface area contributed by atoms with E-state index in [2.05, 4.69) is 11.4 Å². The highest BCUT2D eigenvalue weighted by Crippen LogP contribution is 2.33. The summed E-state index contributed by atoms with van der Waals surface area (Å²) in [5, 5.41) is 3.35. The van der Waals surface area contributed by atoms with Crippen LogP contribution in [-0.2, 0) is 9.59 Å². The number of nitrogens with zero attached hydrogens (tertiary/aromatic N) is 2. The fourth-order valence-corrected chi connectivity index (χ4v) is 4.99. The molecule has 6 heteroatoms. The molecule has 154 valence electrons. The zero-order chi connectivity index (χ0) is 20.2. The zero-order valence-corrected chi connectivity index (χ0v) is 17.8. The van der Waals surface area contributed by atoms with Crippen LogP contribution in [0.3, 0.4) is 0 Å². The maximum atomic E-state index is 13.1. The molecule has 1 aromatic carbocycles. The fraction of sp³-hybridized carbons (Fsp3) is 0.522. The van der Waals surface area contributed by atoms with Crippen molar-refractivity contribution in [2.75, 3.05) is 6.54 Å². The van der Waals surface area contributed by atoms with Gasteiger partial charge in [0, 0.05) is 19.0 Å². The number of aryl methyl sites for hydroxylation is 1. The van der Waals surface area contributed by atoms with Crippen LogP contribution in [0.15, 0.2) is 40.9 Å². The Kier molecular flexibility index (Phi) is 6.38. The van der Waals surface area contributed by atoms with Gasteiger partial charge in [0.1, 0.15) is 5.25 Å². The minimum atomic E-state index is -0.377. The van der Waals surface area contributed by atoms with Crippen LogP contribution < -0.4 is 5.32 Å². The molecule has 2 fully saturated rings. The van der Waals surface area contributed by atoms with Crippen LogP contribution in [-0.4, -0.2) is 39.7 Å². The van der Waals surface area contributed by atoms with E-state index in [-0.39, 0.29) is 23.5 Å². The number of amidine groups is 1. The van der Waals surface area contributed by atoms with Gasteiger partial charge in [-0.2, -0.15) is 0 Å². The summed E-state index contributed by atoms with van der Waals surface area (Å²) >= 11 is 1.44. The molecule has 1 saturated carbocycles. The summed E-state index contributed by atoms with van der Waals surface area (Å²) in [5.74, 6) is -0.00569. The molecule has 1 heterocycles. The monoisotopic (exact) mass is 411 g/mol. The van der Waals surface area contributed by atoms with Gasteiger partial charge in [-0.05, 0) is 69.6 Å². The number of hydrogen-bond acceptors (Lipinski definition) is 4. The highest BCUT2D eigenvalue weighted by molar-refractivity contribution is 8.15. The lowest BCUT2D eigenvalue weighted by Gasteiger charge is -2.19. The lowest BCUT2D eigenvalue weighted by molar-refractivity contribution is -0.129. The van der Waals surface area contributed by atoms with Crippen LogP contribution in [0.4, 0.5) is 5.69 Å². The van der Waals surface area contributed by atoms with Gasteiger partial charge in [0.2, 0.25) is 11.8 Å². The van der Waals surface area contributed by atoms with Crippen molar-refractivity contribution in [3.05, 3.63) is 41.5 Å². The zero-order valence-electron chi connectivity index (χ0n) is 17.0. The number of aliphatic imine (C=N–C) groups is 1. The maximum Gasteiger partial charge on any atom is 0.242 e. The molecule has 1 atom stereocenters. The quantitative estimate of drug-likeness (QED) is 0.673. The van der Waals surface area contributed by atoms with Gasteiger partial charge >= 0.3 is 0 Å². The van der Waals surface area contributed by atoms with Crippen LogP contribution in [0, 0.1) is 6.92 Å². The number of thioether (sulfide) groups is 1. The Bertz CT molecular complexity index is 844. The highest BCUT2D eigenvalue weighted by Gasteiger charge is 2.39. The second kappa shape index (κ2) is 9.16. The summed E-state index contributed by atoms with van der Waals surface area (Å²) in [6.45, 7) is 2.68. The van der Waals surface area contributed by atoms with Crippen molar-refractivity contribution in [2.24, 2.45) is 4.99 Å². The molecule has 29 heavy (non-hydrogen) atoms. The Morgan fingerprint density at radius 3 is 2.90 bits per heavy atom. The minimum Gasteiger partial charge on any atom is -0.353 e. The molecule has 4 rings (SSSR count). The predicted molar refractivity (Wildman–Crippen MR) is 118 cm³/mol. The molecule has 2 amide bonds. The SMILES string of the molecule is Cc1cccc(N=C2SC(CC(=O)NC3CC3)C(=O)N2CCC2=CCCCC2)c1. The smallest absolute Gasteiger partial charge is 0.242 e. The first kappa shape index (κ1) is 20.2. The van der Waals surface area contributed by atoms with Gasteiger partial charge < -0.3 is 5.32 Å². The van der Waals surface area contributed by atoms with E-state index in [0.717, 1.165) is 48.5 Å². The van der Waals surface area contributed by atoms with Crippen LogP contribution in [0.2, 0.25) is 0 Å². The van der Waals surface area contributed by atoms with Crippen molar-refractivity contribution in [3.8, 4) is 0 Å². The van der Waals surface area contributed by atoms with E-state index in [1.165, 1.54) is 30.2 Å². The molecule has 1 N–H and O–H groups in total. The van der Waals surface area contributed by atoms with Crippen molar-refractivity contribution < 1.29 is 9.59 Å². The summed E-state index contributed by atoms with van der Waals surface area (Å²) in [6.07, 6.45) is 10.3. The van der Waals surface area contributed by atoms with Crippen molar-refractivity contribution >= 4 is 34.4 Å². The van der Waals surface area contributed by atoms with Gasteiger partial charge in [-0.3, -0.25) is 14.5 Å². The van der Waals surface area contributed by atoms with Gasteiger partial charge in [0.05, 0.1) is 5.69 Å². The second-order valence-electron chi connectivity index (χ2n) is 8.23. The molecule has 3 aliphatic rings. The first-order valence-corrected chi connectivity index (χ1v) is 11.6. The predicted octanol–water partition coefficient (Wildman–Crippen LogP) is 4.49. The Balaban J connectivity index is 1.49. The van der Waals surface area contributed by atoms with E-state index in [0.29, 0.717) is 12.6 Å². The van der Waals surface area contributed by atoms with Crippen LogP contribution in [0.25, 0.3) is 0 Å². The van der Waals surface area contributed by atoms with E-state index < -0.39 is 0 Å². The molecule has 5 nitrogen and oxygen atoms in total. The highest BCUT2D eigenvalue weighted by atomic mass is 32.2. The van der Waals surface area contributed by atoms with Gasteiger partial charge in [-0.25, -0.2) is 4.99 Å². The van der Waals surface area contributed by atoms with Crippen molar-refractivity contribution in [3.63, 3.8) is 0 Å². The lowest BCUT2D eigenvalue weighted by atomic mass is 9.97. The van der Waals surface area contributed by atoms with Gasteiger partial charge in [0.25, 0.3) is 0 Å². The van der Waals surface area contributed by atoms with Gasteiger partial charge in [-0.1, -0.05) is 35.5 Å². The number of carbonyl (C=O) groups excluding carboxylic acids is 2. The summed E-state index contributed by atoms with van der Waals surface area (Å²) in [6, 6.07) is 8.31. The van der Waals surface area contributed by atoms with E-state index >= 15 is 0 Å². The summed E-state index contributed by atoms with van der Waals surface area (Å²) in [5.41, 5.74) is 3.43. The molecule has 1 unspecified atom stereocenters. The number of benzene rings is 1. The molecule has 1 aliphatic heterocycles. The molecular weight excluding hydrogens is 382 g/mol. The number of amides is 2. The minimum absolute atomic E-state index is 0.0174. The second-order valence-corrected chi connectivity index (χ2v) is 9.40. The lowest BCUT2D eigenvalue weighted by Crippen LogP contribution is -2.36. The number of nitrogens with one attached hydrogen (secondary N) is 1. The Morgan fingerprint density at radius 1 is 1.31 bits per heavy atom.